The van der Waals surface area contributed by atoms with E-state index >= 15 is 0 Å². The summed E-state index contributed by atoms with van der Waals surface area (Å²) in [4.78, 5) is 2.59. The van der Waals surface area contributed by atoms with Gasteiger partial charge in [-0.3, -0.25) is 0 Å². The molecule has 1 unspecified atom stereocenters. The third kappa shape index (κ3) is 5.12. The van der Waals surface area contributed by atoms with E-state index in [1.807, 2.05) is 11.8 Å². The van der Waals surface area contributed by atoms with Gasteiger partial charge in [-0.05, 0) is 50.7 Å². The summed E-state index contributed by atoms with van der Waals surface area (Å²) in [7, 11) is 2.31. The van der Waals surface area contributed by atoms with E-state index in [0.29, 0.717) is 5.41 Å². The molecule has 1 saturated carbocycles. The molecule has 1 nitrogen and oxygen atoms in total. The Labute approximate surface area is 120 Å². The maximum absolute atomic E-state index is 3.77. The molecule has 0 radical (unpaired) electrons. The molecular weight excluding hydrogens is 294 g/mol. The predicted molar refractivity (Wildman–Crippen MR) is 84.4 cm³/mol. The lowest BCUT2D eigenvalue weighted by Gasteiger charge is -2.40. The zero-order valence-electron chi connectivity index (χ0n) is 11.7. The zero-order valence-corrected chi connectivity index (χ0v) is 14.1. The molecule has 1 rings (SSSR count). The molecule has 0 amide bonds. The van der Waals surface area contributed by atoms with Crippen LogP contribution in [0.2, 0.25) is 0 Å². The summed E-state index contributed by atoms with van der Waals surface area (Å²) >= 11 is 5.73. The third-order valence-corrected chi connectivity index (χ3v) is 6.11. The second kappa shape index (κ2) is 8.06. The van der Waals surface area contributed by atoms with Gasteiger partial charge in [-0.15, -0.1) is 0 Å². The van der Waals surface area contributed by atoms with Gasteiger partial charge in [-0.1, -0.05) is 35.2 Å². The van der Waals surface area contributed by atoms with Gasteiger partial charge in [-0.2, -0.15) is 11.8 Å². The van der Waals surface area contributed by atoms with Crippen LogP contribution >= 0.6 is 27.7 Å². The van der Waals surface area contributed by atoms with Crippen molar-refractivity contribution in [2.75, 3.05) is 30.9 Å². The number of hydrogen-bond acceptors (Lipinski definition) is 2. The van der Waals surface area contributed by atoms with Crippen molar-refractivity contribution >= 4 is 27.7 Å². The molecule has 3 heteroatoms. The van der Waals surface area contributed by atoms with Crippen molar-refractivity contribution < 1.29 is 0 Å². The summed E-state index contributed by atoms with van der Waals surface area (Å²) in [5.74, 6) is 1.28. The molecule has 0 heterocycles. The van der Waals surface area contributed by atoms with Crippen LogP contribution in [0.25, 0.3) is 0 Å². The molecule has 17 heavy (non-hydrogen) atoms. The lowest BCUT2D eigenvalue weighted by atomic mass is 9.75. The van der Waals surface area contributed by atoms with Gasteiger partial charge in [0.1, 0.15) is 0 Å². The summed E-state index contributed by atoms with van der Waals surface area (Å²) in [5, 5.41) is 1.18. The second-order valence-corrected chi connectivity index (χ2v) is 7.29. The second-order valence-electron chi connectivity index (χ2n) is 5.74. The van der Waals surface area contributed by atoms with Crippen LogP contribution in [-0.4, -0.2) is 41.9 Å². The van der Waals surface area contributed by atoms with E-state index in [-0.39, 0.29) is 0 Å². The molecule has 0 aromatic rings. The first-order valence-electron chi connectivity index (χ1n) is 6.89. The maximum atomic E-state index is 3.77. The fourth-order valence-corrected chi connectivity index (χ4v) is 4.14. The highest BCUT2D eigenvalue weighted by molar-refractivity contribution is 9.09. The number of hydrogen-bond donors (Lipinski definition) is 0. The van der Waals surface area contributed by atoms with E-state index < -0.39 is 0 Å². The average Bonchev–Trinajstić information content (AvgIpc) is 2.36. The highest BCUT2D eigenvalue weighted by Crippen LogP contribution is 2.38. The molecule has 0 saturated heterocycles. The van der Waals surface area contributed by atoms with Gasteiger partial charge < -0.3 is 4.90 Å². The van der Waals surface area contributed by atoms with Gasteiger partial charge in [0.15, 0.2) is 0 Å². The molecule has 0 spiro atoms. The summed E-state index contributed by atoms with van der Waals surface area (Å²) < 4.78 is 0. The topological polar surface area (TPSA) is 3.24 Å². The Bertz CT molecular complexity index is 204. The largest absolute Gasteiger partial charge is 0.303 e. The molecule has 1 fully saturated rings. The minimum Gasteiger partial charge on any atom is -0.303 e. The number of nitrogens with zero attached hydrogens (tertiary/aromatic N) is 1. The Balaban J connectivity index is 2.43. The predicted octanol–water partition coefficient (Wildman–Crippen LogP) is 4.41. The van der Waals surface area contributed by atoms with Crippen LogP contribution in [0.15, 0.2) is 0 Å². The van der Waals surface area contributed by atoms with E-state index in [4.69, 9.17) is 0 Å². The quantitative estimate of drug-likeness (QED) is 0.639. The van der Waals surface area contributed by atoms with Crippen LogP contribution in [0.4, 0.5) is 0 Å². The van der Waals surface area contributed by atoms with E-state index in [0.717, 1.165) is 6.04 Å². The lowest BCUT2D eigenvalue weighted by molar-refractivity contribution is 0.119. The summed E-state index contributed by atoms with van der Waals surface area (Å²) in [6.07, 6.45) is 10.7. The van der Waals surface area contributed by atoms with Crippen LogP contribution in [0.5, 0.6) is 0 Å². The van der Waals surface area contributed by atoms with Gasteiger partial charge in [0, 0.05) is 17.9 Å². The van der Waals surface area contributed by atoms with Crippen LogP contribution < -0.4 is 0 Å². The SMILES string of the molecule is CSCCC(C)N(C)CC1(CBr)CCCCC1. The number of halogens is 1. The fourth-order valence-electron chi connectivity index (χ4n) is 2.83. The van der Waals surface area contributed by atoms with Crippen LogP contribution in [-0.2, 0) is 0 Å². The van der Waals surface area contributed by atoms with Crippen molar-refractivity contribution in [1.29, 1.82) is 0 Å². The monoisotopic (exact) mass is 321 g/mol. The summed E-state index contributed by atoms with van der Waals surface area (Å²) in [5.41, 5.74) is 0.556. The Kier molecular flexibility index (Phi) is 7.51. The lowest BCUT2D eigenvalue weighted by Crippen LogP contribution is -2.42. The Morgan fingerprint density at radius 3 is 2.47 bits per heavy atom. The van der Waals surface area contributed by atoms with E-state index in [9.17, 15) is 0 Å². The molecule has 1 atom stereocenters. The number of alkyl halides is 1. The molecule has 1 aliphatic carbocycles. The van der Waals surface area contributed by atoms with Crippen molar-refractivity contribution in [3.8, 4) is 0 Å². The summed E-state index contributed by atoms with van der Waals surface area (Å²) in [6, 6.07) is 0.723. The molecule has 102 valence electrons. The maximum Gasteiger partial charge on any atom is 0.0100 e. The third-order valence-electron chi connectivity index (χ3n) is 4.27. The summed E-state index contributed by atoms with van der Waals surface area (Å²) in [6.45, 7) is 3.65. The van der Waals surface area contributed by atoms with Crippen molar-refractivity contribution in [1.82, 2.24) is 4.90 Å². The van der Waals surface area contributed by atoms with Gasteiger partial charge in [0.25, 0.3) is 0 Å². The van der Waals surface area contributed by atoms with Crippen molar-refractivity contribution in [2.45, 2.75) is 51.5 Å². The van der Waals surface area contributed by atoms with Crippen molar-refractivity contribution in [3.63, 3.8) is 0 Å². The first kappa shape index (κ1) is 15.8. The molecule has 0 bridgehead atoms. The minimum absolute atomic E-state index is 0.556. The zero-order chi connectivity index (χ0) is 12.7. The Morgan fingerprint density at radius 2 is 1.94 bits per heavy atom. The Morgan fingerprint density at radius 1 is 1.29 bits per heavy atom. The van der Waals surface area contributed by atoms with Crippen LogP contribution in [0, 0.1) is 5.41 Å². The van der Waals surface area contributed by atoms with Crippen molar-refractivity contribution in [2.24, 2.45) is 5.41 Å². The number of rotatable bonds is 7. The highest BCUT2D eigenvalue weighted by atomic mass is 79.9. The smallest absolute Gasteiger partial charge is 0.0100 e. The number of thioether (sulfide) groups is 1. The van der Waals surface area contributed by atoms with Gasteiger partial charge in [-0.25, -0.2) is 0 Å². The average molecular weight is 322 g/mol. The molecule has 0 N–H and O–H groups in total. The molecule has 1 aliphatic rings. The van der Waals surface area contributed by atoms with Crippen molar-refractivity contribution in [3.05, 3.63) is 0 Å². The molecule has 0 aromatic heterocycles. The van der Waals surface area contributed by atoms with Gasteiger partial charge in [0.2, 0.25) is 0 Å². The van der Waals surface area contributed by atoms with Crippen LogP contribution in [0.1, 0.15) is 45.4 Å². The first-order valence-corrected chi connectivity index (χ1v) is 9.40. The van der Waals surface area contributed by atoms with E-state index in [1.54, 1.807) is 0 Å². The van der Waals surface area contributed by atoms with Gasteiger partial charge in [0.05, 0.1) is 0 Å². The minimum atomic E-state index is 0.556. The molecule has 0 aliphatic heterocycles. The van der Waals surface area contributed by atoms with Crippen LogP contribution in [0.3, 0.4) is 0 Å². The fraction of sp³-hybridized carbons (Fsp3) is 1.00. The highest BCUT2D eigenvalue weighted by Gasteiger charge is 2.32. The normalized spacial score (nSPS) is 21.7. The van der Waals surface area contributed by atoms with E-state index in [2.05, 4.69) is 41.1 Å². The molecular formula is C14H28BrNS. The first-order chi connectivity index (χ1) is 8.13. The standard InChI is InChI=1S/C14H28BrNS/c1-13(7-10-17-3)16(2)12-14(11-15)8-5-4-6-9-14/h13H,4-12H2,1-3H3. The van der Waals surface area contributed by atoms with E-state index in [1.165, 1.54) is 56.2 Å². The van der Waals surface area contributed by atoms with Gasteiger partial charge >= 0.3 is 0 Å². The molecule has 0 aromatic carbocycles. The Hall–Kier alpha value is 0.790.